The monoisotopic (exact) mass is 242 g/mol. The number of phenols is 1. The van der Waals surface area contributed by atoms with Crippen LogP contribution in [0.4, 0.5) is 0 Å². The van der Waals surface area contributed by atoms with E-state index in [1.807, 2.05) is 12.1 Å². The van der Waals surface area contributed by atoms with Gasteiger partial charge in [-0.3, -0.25) is 4.79 Å². The third-order valence-corrected chi connectivity index (χ3v) is 3.59. The molecule has 92 valence electrons. The summed E-state index contributed by atoms with van der Waals surface area (Å²) in [6.07, 6.45) is 3.14. The van der Waals surface area contributed by atoms with Crippen molar-refractivity contribution < 1.29 is 15.0 Å². The molecule has 2 aromatic rings. The number of aromatic hydroxyl groups is 1. The fourth-order valence-corrected chi connectivity index (χ4v) is 2.87. The molecule has 0 aromatic heterocycles. The molecule has 0 spiro atoms. The predicted molar refractivity (Wildman–Crippen MR) is 69.0 cm³/mol. The average Bonchev–Trinajstić information content (AvgIpc) is 2.75. The van der Waals surface area contributed by atoms with Gasteiger partial charge in [-0.1, -0.05) is 18.2 Å². The molecule has 3 rings (SSSR count). The Morgan fingerprint density at radius 3 is 2.83 bits per heavy atom. The number of hydrogen-bond acceptors (Lipinski definition) is 2. The van der Waals surface area contributed by atoms with Crippen molar-refractivity contribution in [3.63, 3.8) is 0 Å². The lowest BCUT2D eigenvalue weighted by Crippen LogP contribution is -2.00. The van der Waals surface area contributed by atoms with Crippen molar-refractivity contribution >= 4 is 16.7 Å². The van der Waals surface area contributed by atoms with Crippen molar-refractivity contribution in [3.8, 4) is 5.75 Å². The number of carbonyl (C=O) groups is 1. The highest BCUT2D eigenvalue weighted by atomic mass is 16.4. The van der Waals surface area contributed by atoms with Crippen LogP contribution < -0.4 is 0 Å². The molecule has 0 saturated carbocycles. The van der Waals surface area contributed by atoms with Crippen LogP contribution in [-0.2, 0) is 24.1 Å². The summed E-state index contributed by atoms with van der Waals surface area (Å²) < 4.78 is 0. The summed E-state index contributed by atoms with van der Waals surface area (Å²) in [6.45, 7) is 0. The van der Waals surface area contributed by atoms with E-state index < -0.39 is 5.97 Å². The van der Waals surface area contributed by atoms with Gasteiger partial charge in [0.2, 0.25) is 0 Å². The van der Waals surface area contributed by atoms with E-state index in [1.54, 1.807) is 6.07 Å². The first-order chi connectivity index (χ1) is 8.65. The second-order valence-electron chi connectivity index (χ2n) is 4.84. The second kappa shape index (κ2) is 4.02. The van der Waals surface area contributed by atoms with Gasteiger partial charge in [0, 0.05) is 5.39 Å². The summed E-state index contributed by atoms with van der Waals surface area (Å²) in [5.74, 6) is -0.669. The quantitative estimate of drug-likeness (QED) is 0.851. The van der Waals surface area contributed by atoms with Gasteiger partial charge < -0.3 is 10.2 Å². The van der Waals surface area contributed by atoms with E-state index in [0.717, 1.165) is 30.0 Å². The summed E-state index contributed by atoms with van der Waals surface area (Å²) in [7, 11) is 0. The summed E-state index contributed by atoms with van der Waals surface area (Å²) in [4.78, 5) is 10.7. The fourth-order valence-electron chi connectivity index (χ4n) is 2.87. The maximum absolute atomic E-state index is 10.7. The molecule has 0 radical (unpaired) electrons. The number of aliphatic carboxylic acids is 1. The Morgan fingerprint density at radius 1 is 1.22 bits per heavy atom. The highest BCUT2D eigenvalue weighted by molar-refractivity contribution is 5.93. The zero-order valence-corrected chi connectivity index (χ0v) is 9.94. The Bertz CT molecular complexity index is 644. The Kier molecular flexibility index (Phi) is 2.47. The smallest absolute Gasteiger partial charge is 0.307 e. The zero-order valence-electron chi connectivity index (χ0n) is 9.94. The Hall–Kier alpha value is -2.03. The van der Waals surface area contributed by atoms with E-state index in [4.69, 9.17) is 5.11 Å². The number of carboxylic acids is 1. The molecule has 1 aliphatic rings. The molecule has 0 aliphatic heterocycles. The van der Waals surface area contributed by atoms with Crippen molar-refractivity contribution in [1.29, 1.82) is 0 Å². The minimum atomic E-state index is -0.880. The number of phenolic OH excluding ortho intramolecular Hbond substituents is 1. The van der Waals surface area contributed by atoms with Crippen LogP contribution in [0.15, 0.2) is 24.3 Å². The lowest BCUT2D eigenvalue weighted by atomic mass is 9.97. The third-order valence-electron chi connectivity index (χ3n) is 3.59. The van der Waals surface area contributed by atoms with Gasteiger partial charge in [0.15, 0.2) is 0 Å². The summed E-state index contributed by atoms with van der Waals surface area (Å²) >= 11 is 0. The van der Waals surface area contributed by atoms with Crippen LogP contribution in [0.5, 0.6) is 5.75 Å². The highest BCUT2D eigenvalue weighted by Crippen LogP contribution is 2.36. The van der Waals surface area contributed by atoms with E-state index in [2.05, 4.69) is 6.07 Å². The minimum Gasteiger partial charge on any atom is -0.507 e. The van der Waals surface area contributed by atoms with Gasteiger partial charge in [-0.2, -0.15) is 0 Å². The molecule has 0 amide bonds. The maximum atomic E-state index is 10.7. The number of hydrogen-bond donors (Lipinski definition) is 2. The summed E-state index contributed by atoms with van der Waals surface area (Å²) in [5, 5.41) is 20.8. The van der Waals surface area contributed by atoms with Gasteiger partial charge in [0.25, 0.3) is 0 Å². The summed E-state index contributed by atoms with van der Waals surface area (Å²) in [5.41, 5.74) is 3.18. The fraction of sp³-hybridized carbons (Fsp3) is 0.267. The minimum absolute atomic E-state index is 0.0550. The topological polar surface area (TPSA) is 57.5 Å². The molecule has 2 aromatic carbocycles. The van der Waals surface area contributed by atoms with Crippen LogP contribution in [0.1, 0.15) is 23.1 Å². The number of carboxylic acid groups (broad SMARTS) is 1. The van der Waals surface area contributed by atoms with Gasteiger partial charge in [0.05, 0.1) is 6.42 Å². The number of benzene rings is 2. The number of rotatable bonds is 2. The van der Waals surface area contributed by atoms with Crippen LogP contribution in [0.2, 0.25) is 0 Å². The molecule has 0 heterocycles. The highest BCUT2D eigenvalue weighted by Gasteiger charge is 2.17. The molecule has 0 bridgehead atoms. The van der Waals surface area contributed by atoms with E-state index >= 15 is 0 Å². The molecule has 3 heteroatoms. The molecule has 3 nitrogen and oxygen atoms in total. The average molecular weight is 242 g/mol. The van der Waals surface area contributed by atoms with E-state index in [-0.39, 0.29) is 12.2 Å². The number of aryl methyl sites for hydroxylation is 2. The largest absolute Gasteiger partial charge is 0.507 e. The third kappa shape index (κ3) is 1.72. The van der Waals surface area contributed by atoms with Gasteiger partial charge >= 0.3 is 5.97 Å². The SMILES string of the molecule is O=C(O)Cc1cc(O)c2c3c(ccc2c1)CCC3. The second-order valence-corrected chi connectivity index (χ2v) is 4.84. The molecule has 1 aliphatic carbocycles. The Labute approximate surface area is 105 Å². The molecule has 0 unspecified atom stereocenters. The van der Waals surface area contributed by atoms with Crippen LogP contribution in [0.3, 0.4) is 0 Å². The first-order valence-electron chi connectivity index (χ1n) is 6.13. The van der Waals surface area contributed by atoms with Crippen LogP contribution in [-0.4, -0.2) is 16.2 Å². The molecule has 0 atom stereocenters. The lowest BCUT2D eigenvalue weighted by molar-refractivity contribution is -0.136. The van der Waals surface area contributed by atoms with Crippen molar-refractivity contribution in [2.45, 2.75) is 25.7 Å². The first kappa shape index (κ1) is 11.1. The first-order valence-corrected chi connectivity index (χ1v) is 6.13. The molecule has 0 saturated heterocycles. The van der Waals surface area contributed by atoms with Gasteiger partial charge in [-0.25, -0.2) is 0 Å². The van der Waals surface area contributed by atoms with E-state index in [9.17, 15) is 9.90 Å². The van der Waals surface area contributed by atoms with Gasteiger partial charge in [0.1, 0.15) is 5.75 Å². The summed E-state index contributed by atoms with van der Waals surface area (Å²) in [6, 6.07) is 7.51. The molecule has 18 heavy (non-hydrogen) atoms. The standard InChI is InChI=1S/C15H14O3/c16-13-7-9(8-14(17)18)6-11-5-4-10-2-1-3-12(10)15(11)13/h4-7,16H,1-3,8H2,(H,17,18). The van der Waals surface area contributed by atoms with Crippen molar-refractivity contribution in [3.05, 3.63) is 41.0 Å². The molecular weight excluding hydrogens is 228 g/mol. The van der Waals surface area contributed by atoms with E-state index in [1.165, 1.54) is 11.1 Å². The van der Waals surface area contributed by atoms with Crippen molar-refractivity contribution in [2.75, 3.05) is 0 Å². The zero-order chi connectivity index (χ0) is 12.7. The molecule has 0 fully saturated rings. The van der Waals surface area contributed by atoms with Crippen molar-refractivity contribution in [2.24, 2.45) is 0 Å². The molecular formula is C15H14O3. The van der Waals surface area contributed by atoms with Crippen molar-refractivity contribution in [1.82, 2.24) is 0 Å². The predicted octanol–water partition coefficient (Wildman–Crippen LogP) is 2.66. The lowest BCUT2D eigenvalue weighted by Gasteiger charge is -2.09. The van der Waals surface area contributed by atoms with Gasteiger partial charge in [-0.15, -0.1) is 0 Å². The normalized spacial score (nSPS) is 13.8. The number of fused-ring (bicyclic) bond motifs is 3. The Morgan fingerprint density at radius 2 is 2.06 bits per heavy atom. The maximum Gasteiger partial charge on any atom is 0.307 e. The molecule has 2 N–H and O–H groups in total. The van der Waals surface area contributed by atoms with Crippen LogP contribution in [0, 0.1) is 0 Å². The van der Waals surface area contributed by atoms with Crippen LogP contribution >= 0.6 is 0 Å². The van der Waals surface area contributed by atoms with Crippen LogP contribution in [0.25, 0.3) is 10.8 Å². The Balaban J connectivity index is 2.21. The van der Waals surface area contributed by atoms with E-state index in [0.29, 0.717) is 5.56 Å². The van der Waals surface area contributed by atoms with Gasteiger partial charge in [-0.05, 0) is 47.4 Å².